The van der Waals surface area contributed by atoms with Crippen molar-refractivity contribution < 1.29 is 9.63 Å². The third kappa shape index (κ3) is 2.12. The molecule has 0 aromatic heterocycles. The monoisotopic (exact) mass is 211 g/mol. The minimum absolute atomic E-state index is 0.0973. The minimum atomic E-state index is -0.251. The lowest BCUT2D eigenvalue weighted by Crippen LogP contribution is -2.46. The molecule has 1 amide bonds. The van der Waals surface area contributed by atoms with Crippen molar-refractivity contribution in [1.82, 2.24) is 10.6 Å². The Balaban J connectivity index is 1.94. The van der Waals surface area contributed by atoms with E-state index in [0.717, 1.165) is 25.9 Å². The first-order chi connectivity index (χ1) is 7.26. The van der Waals surface area contributed by atoms with E-state index in [-0.39, 0.29) is 11.5 Å². The van der Waals surface area contributed by atoms with Crippen LogP contribution in [0, 0.1) is 0 Å². The van der Waals surface area contributed by atoms with E-state index in [1.807, 2.05) is 6.92 Å². The quantitative estimate of drug-likeness (QED) is 0.677. The van der Waals surface area contributed by atoms with E-state index in [9.17, 15) is 4.79 Å². The first-order valence-corrected chi connectivity index (χ1v) is 5.50. The summed E-state index contributed by atoms with van der Waals surface area (Å²) in [5.41, 5.74) is 0.277. The lowest BCUT2D eigenvalue weighted by atomic mass is 9.89. The Kier molecular flexibility index (Phi) is 2.90. The van der Waals surface area contributed by atoms with Crippen LogP contribution in [0.15, 0.2) is 5.16 Å². The molecule has 15 heavy (non-hydrogen) atoms. The number of carbonyl (C=O) groups excluding carboxylic acids is 1. The van der Waals surface area contributed by atoms with Crippen molar-refractivity contribution in [2.45, 2.75) is 31.8 Å². The number of nitrogens with zero attached hydrogens (tertiary/aromatic N) is 1. The standard InChI is InChI=1S/C10H17N3O2/c1-2-12-9(14)8-6-10(15-13-8)4-3-5-11-7-10/h11H,2-7H2,1H3,(H,12,14). The van der Waals surface area contributed by atoms with Crippen molar-refractivity contribution in [2.24, 2.45) is 5.16 Å². The number of piperidine rings is 1. The Hall–Kier alpha value is -1.10. The largest absolute Gasteiger partial charge is 0.387 e. The Morgan fingerprint density at radius 3 is 3.27 bits per heavy atom. The number of carbonyl (C=O) groups is 1. The van der Waals surface area contributed by atoms with E-state index in [1.54, 1.807) is 0 Å². The van der Waals surface area contributed by atoms with Gasteiger partial charge in [-0.15, -0.1) is 0 Å². The number of nitrogens with one attached hydrogen (secondary N) is 2. The summed E-state index contributed by atoms with van der Waals surface area (Å²) >= 11 is 0. The molecule has 0 aromatic rings. The van der Waals surface area contributed by atoms with Crippen LogP contribution in [0.3, 0.4) is 0 Å². The molecular weight excluding hydrogens is 194 g/mol. The zero-order chi connectivity index (χ0) is 10.7. The highest BCUT2D eigenvalue weighted by Crippen LogP contribution is 2.30. The maximum Gasteiger partial charge on any atom is 0.269 e. The molecule has 5 nitrogen and oxygen atoms in total. The summed E-state index contributed by atoms with van der Waals surface area (Å²) in [5.74, 6) is -0.0973. The third-order valence-electron chi connectivity index (χ3n) is 2.87. The molecule has 0 aromatic carbocycles. The van der Waals surface area contributed by atoms with Crippen molar-refractivity contribution in [3.8, 4) is 0 Å². The Morgan fingerprint density at radius 2 is 2.60 bits per heavy atom. The van der Waals surface area contributed by atoms with Gasteiger partial charge >= 0.3 is 0 Å². The lowest BCUT2D eigenvalue weighted by Gasteiger charge is -2.30. The fourth-order valence-electron chi connectivity index (χ4n) is 2.07. The molecule has 2 rings (SSSR count). The number of oxime groups is 1. The molecule has 1 fully saturated rings. The first-order valence-electron chi connectivity index (χ1n) is 5.50. The zero-order valence-electron chi connectivity index (χ0n) is 9.01. The van der Waals surface area contributed by atoms with Gasteiger partial charge < -0.3 is 15.5 Å². The molecular formula is C10H17N3O2. The molecule has 5 heteroatoms. The van der Waals surface area contributed by atoms with Crippen LogP contribution in [-0.4, -0.2) is 36.9 Å². The van der Waals surface area contributed by atoms with Crippen molar-refractivity contribution in [3.63, 3.8) is 0 Å². The molecule has 0 radical (unpaired) electrons. The average Bonchev–Trinajstić information content (AvgIpc) is 2.64. The van der Waals surface area contributed by atoms with Crippen LogP contribution >= 0.6 is 0 Å². The maximum atomic E-state index is 11.5. The summed E-state index contributed by atoms with van der Waals surface area (Å²) in [7, 11) is 0. The molecule has 2 N–H and O–H groups in total. The van der Waals surface area contributed by atoms with Crippen LogP contribution in [0.25, 0.3) is 0 Å². The summed E-state index contributed by atoms with van der Waals surface area (Å²) in [5, 5.41) is 9.91. The zero-order valence-corrected chi connectivity index (χ0v) is 9.01. The molecule has 2 heterocycles. The van der Waals surface area contributed by atoms with E-state index in [0.29, 0.717) is 18.7 Å². The van der Waals surface area contributed by atoms with Crippen molar-refractivity contribution >= 4 is 11.6 Å². The summed E-state index contributed by atoms with van der Waals surface area (Å²) in [6.07, 6.45) is 2.69. The van der Waals surface area contributed by atoms with Gasteiger partial charge in [0, 0.05) is 19.5 Å². The number of amides is 1. The molecule has 1 saturated heterocycles. The smallest absolute Gasteiger partial charge is 0.269 e. The SMILES string of the molecule is CCNC(=O)C1=NOC2(CCCNC2)C1. The van der Waals surface area contributed by atoms with Crippen LogP contribution in [-0.2, 0) is 9.63 Å². The number of hydrogen-bond acceptors (Lipinski definition) is 4. The van der Waals surface area contributed by atoms with E-state index >= 15 is 0 Å². The molecule has 0 aliphatic carbocycles. The topological polar surface area (TPSA) is 62.7 Å². The predicted molar refractivity (Wildman–Crippen MR) is 56.7 cm³/mol. The van der Waals surface area contributed by atoms with Gasteiger partial charge in [-0.2, -0.15) is 0 Å². The summed E-state index contributed by atoms with van der Waals surface area (Å²) in [4.78, 5) is 17.0. The second-order valence-electron chi connectivity index (χ2n) is 4.13. The number of rotatable bonds is 2. The van der Waals surface area contributed by atoms with Crippen molar-refractivity contribution in [3.05, 3.63) is 0 Å². The fourth-order valence-corrected chi connectivity index (χ4v) is 2.07. The van der Waals surface area contributed by atoms with Gasteiger partial charge in [0.25, 0.3) is 5.91 Å². The van der Waals surface area contributed by atoms with Gasteiger partial charge in [-0.25, -0.2) is 0 Å². The normalized spacial score (nSPS) is 29.8. The molecule has 2 aliphatic rings. The summed E-state index contributed by atoms with van der Waals surface area (Å²) < 4.78 is 0. The van der Waals surface area contributed by atoms with E-state index < -0.39 is 0 Å². The van der Waals surface area contributed by atoms with Crippen LogP contribution in [0.1, 0.15) is 26.2 Å². The molecule has 1 spiro atoms. The Bertz CT molecular complexity index is 282. The highest BCUT2D eigenvalue weighted by Gasteiger charge is 2.41. The third-order valence-corrected chi connectivity index (χ3v) is 2.87. The highest BCUT2D eigenvalue weighted by molar-refractivity contribution is 6.39. The van der Waals surface area contributed by atoms with E-state index in [4.69, 9.17) is 4.84 Å². The van der Waals surface area contributed by atoms with Gasteiger partial charge in [0.1, 0.15) is 5.71 Å². The van der Waals surface area contributed by atoms with Gasteiger partial charge in [-0.1, -0.05) is 5.16 Å². The highest BCUT2D eigenvalue weighted by atomic mass is 16.7. The van der Waals surface area contributed by atoms with Gasteiger partial charge in [-0.3, -0.25) is 4.79 Å². The minimum Gasteiger partial charge on any atom is -0.387 e. The van der Waals surface area contributed by atoms with E-state index in [1.165, 1.54) is 0 Å². The second kappa shape index (κ2) is 4.18. The molecule has 1 unspecified atom stereocenters. The van der Waals surface area contributed by atoms with Gasteiger partial charge in [0.2, 0.25) is 0 Å². The first kappa shape index (κ1) is 10.4. The van der Waals surface area contributed by atoms with E-state index in [2.05, 4.69) is 15.8 Å². The number of hydrogen-bond donors (Lipinski definition) is 2. The second-order valence-corrected chi connectivity index (χ2v) is 4.13. The molecule has 2 aliphatic heterocycles. The van der Waals surface area contributed by atoms with Crippen LogP contribution in [0.4, 0.5) is 0 Å². The molecule has 0 saturated carbocycles. The van der Waals surface area contributed by atoms with Crippen LogP contribution in [0.5, 0.6) is 0 Å². The Labute approximate surface area is 89.2 Å². The van der Waals surface area contributed by atoms with Crippen molar-refractivity contribution in [1.29, 1.82) is 0 Å². The summed E-state index contributed by atoms with van der Waals surface area (Å²) in [6, 6.07) is 0. The van der Waals surface area contributed by atoms with Gasteiger partial charge in [0.15, 0.2) is 5.60 Å². The van der Waals surface area contributed by atoms with Crippen molar-refractivity contribution in [2.75, 3.05) is 19.6 Å². The van der Waals surface area contributed by atoms with Crippen LogP contribution in [0.2, 0.25) is 0 Å². The molecule has 1 atom stereocenters. The van der Waals surface area contributed by atoms with Crippen LogP contribution < -0.4 is 10.6 Å². The summed E-state index contributed by atoms with van der Waals surface area (Å²) in [6.45, 7) is 4.34. The maximum absolute atomic E-state index is 11.5. The predicted octanol–water partition coefficient (Wildman–Crippen LogP) is 0.0210. The van der Waals surface area contributed by atoms with Gasteiger partial charge in [-0.05, 0) is 26.3 Å². The lowest BCUT2D eigenvalue weighted by molar-refractivity contribution is -0.114. The molecule has 0 bridgehead atoms. The Morgan fingerprint density at radius 1 is 1.73 bits per heavy atom. The fraction of sp³-hybridized carbons (Fsp3) is 0.800. The molecule has 84 valence electrons. The average molecular weight is 211 g/mol. The van der Waals surface area contributed by atoms with Gasteiger partial charge in [0.05, 0.1) is 0 Å².